The number of fused-ring (bicyclic) bond motifs is 1. The standard InChI is InChI=1S/C30H31FN6O4/c1-18-25(14-21(15-33-18)27(38)32-10-12-36-11-4-9-30(36,2)3)35-28(39)23-16-34-37-17-20(6-8-26(23)37)19-5-7-22(29(40)41)24(31)13-19/h5-8,13-17H,4,9-12H2,1-3H3,(H,32,38)(H,35,39)(H,40,41). The van der Waals surface area contributed by atoms with E-state index in [-0.39, 0.29) is 11.4 Å². The summed E-state index contributed by atoms with van der Waals surface area (Å²) in [4.78, 5) is 43.8. The van der Waals surface area contributed by atoms with Gasteiger partial charge in [0.15, 0.2) is 0 Å². The summed E-state index contributed by atoms with van der Waals surface area (Å²) in [5, 5.41) is 19.1. The molecule has 0 atom stereocenters. The van der Waals surface area contributed by atoms with Crippen LogP contribution in [0.5, 0.6) is 0 Å². The van der Waals surface area contributed by atoms with Crippen LogP contribution < -0.4 is 10.6 Å². The average Bonchev–Trinajstić information content (AvgIpc) is 3.51. The summed E-state index contributed by atoms with van der Waals surface area (Å²) < 4.78 is 15.7. The lowest BCUT2D eigenvalue weighted by atomic mass is 10.0. The fourth-order valence-electron chi connectivity index (χ4n) is 5.16. The van der Waals surface area contributed by atoms with Gasteiger partial charge < -0.3 is 15.7 Å². The first-order valence-corrected chi connectivity index (χ1v) is 13.4. The van der Waals surface area contributed by atoms with Gasteiger partial charge in [0.05, 0.1) is 39.8 Å². The fourth-order valence-corrected chi connectivity index (χ4v) is 5.16. The van der Waals surface area contributed by atoms with Crippen LogP contribution in [0.1, 0.15) is 63.5 Å². The molecular weight excluding hydrogens is 527 g/mol. The number of benzene rings is 1. The number of hydrogen-bond acceptors (Lipinski definition) is 6. The van der Waals surface area contributed by atoms with E-state index in [1.54, 1.807) is 31.3 Å². The van der Waals surface area contributed by atoms with E-state index in [1.807, 2.05) is 0 Å². The Labute approximate surface area is 236 Å². The predicted octanol–water partition coefficient (Wildman–Crippen LogP) is 4.40. The van der Waals surface area contributed by atoms with Crippen LogP contribution in [0.4, 0.5) is 10.1 Å². The summed E-state index contributed by atoms with van der Waals surface area (Å²) in [7, 11) is 0. The van der Waals surface area contributed by atoms with Crippen LogP contribution in [0, 0.1) is 12.7 Å². The van der Waals surface area contributed by atoms with Crippen LogP contribution in [0.2, 0.25) is 0 Å². The molecule has 1 saturated heterocycles. The van der Waals surface area contributed by atoms with Crippen LogP contribution in [0.3, 0.4) is 0 Å². The monoisotopic (exact) mass is 558 g/mol. The van der Waals surface area contributed by atoms with E-state index in [0.717, 1.165) is 32.0 Å². The predicted molar refractivity (Wildman–Crippen MR) is 152 cm³/mol. The Bertz CT molecular complexity index is 1660. The van der Waals surface area contributed by atoms with Gasteiger partial charge in [-0.15, -0.1) is 0 Å². The number of aromatic carboxylic acids is 1. The molecule has 1 aromatic carbocycles. The van der Waals surface area contributed by atoms with E-state index in [0.29, 0.717) is 45.7 Å². The number of hydrogen-bond donors (Lipinski definition) is 3. The first kappa shape index (κ1) is 27.9. The number of nitrogens with one attached hydrogen (secondary N) is 2. The molecule has 0 unspecified atom stereocenters. The number of likely N-dealkylation sites (tertiary alicyclic amines) is 1. The number of anilines is 1. The Balaban J connectivity index is 1.28. The van der Waals surface area contributed by atoms with Gasteiger partial charge in [-0.05, 0) is 70.0 Å². The molecule has 5 rings (SSSR count). The van der Waals surface area contributed by atoms with Gasteiger partial charge in [-0.3, -0.25) is 19.5 Å². The van der Waals surface area contributed by atoms with Crippen LogP contribution in [-0.4, -0.2) is 67.6 Å². The Morgan fingerprint density at radius 3 is 2.54 bits per heavy atom. The molecule has 1 fully saturated rings. The summed E-state index contributed by atoms with van der Waals surface area (Å²) >= 11 is 0. The Morgan fingerprint density at radius 2 is 1.83 bits per heavy atom. The highest BCUT2D eigenvalue weighted by Gasteiger charge is 2.31. The van der Waals surface area contributed by atoms with E-state index in [1.165, 1.54) is 29.0 Å². The quantitative estimate of drug-likeness (QED) is 0.292. The molecule has 4 heterocycles. The van der Waals surface area contributed by atoms with Gasteiger partial charge in [0.25, 0.3) is 11.8 Å². The molecule has 3 N–H and O–H groups in total. The fraction of sp³-hybridized carbons (Fsp3) is 0.300. The molecule has 41 heavy (non-hydrogen) atoms. The maximum Gasteiger partial charge on any atom is 0.338 e. The van der Waals surface area contributed by atoms with Gasteiger partial charge >= 0.3 is 5.97 Å². The van der Waals surface area contributed by atoms with Crippen molar-refractivity contribution in [2.75, 3.05) is 25.0 Å². The molecule has 0 aliphatic carbocycles. The van der Waals surface area contributed by atoms with Crippen molar-refractivity contribution in [3.63, 3.8) is 0 Å². The number of aryl methyl sites for hydroxylation is 1. The third-order valence-electron chi connectivity index (χ3n) is 7.63. The van der Waals surface area contributed by atoms with Gasteiger partial charge in [-0.25, -0.2) is 13.7 Å². The first-order chi connectivity index (χ1) is 19.5. The van der Waals surface area contributed by atoms with Crippen molar-refractivity contribution in [2.45, 2.75) is 39.2 Å². The summed E-state index contributed by atoms with van der Waals surface area (Å²) in [5.74, 6) is -2.87. The highest BCUT2D eigenvalue weighted by molar-refractivity contribution is 6.09. The molecule has 11 heteroatoms. The Hall–Kier alpha value is -4.64. The van der Waals surface area contributed by atoms with Gasteiger partial charge in [-0.2, -0.15) is 5.10 Å². The van der Waals surface area contributed by atoms with Crippen molar-refractivity contribution in [2.24, 2.45) is 0 Å². The first-order valence-electron chi connectivity index (χ1n) is 13.4. The molecule has 1 aliphatic rings. The van der Waals surface area contributed by atoms with E-state index in [2.05, 4.69) is 39.5 Å². The molecule has 10 nitrogen and oxygen atoms in total. The summed E-state index contributed by atoms with van der Waals surface area (Å²) in [6.45, 7) is 8.47. The number of aromatic nitrogens is 3. The lowest BCUT2D eigenvalue weighted by Gasteiger charge is -2.31. The average molecular weight is 559 g/mol. The SMILES string of the molecule is Cc1ncc(C(=O)NCCN2CCCC2(C)C)cc1NC(=O)c1cnn2cc(-c3ccc(C(=O)O)c(F)c3)ccc12. The second-order valence-corrected chi connectivity index (χ2v) is 10.8. The van der Waals surface area contributed by atoms with Gasteiger partial charge in [0.1, 0.15) is 5.82 Å². The number of carboxylic acids is 1. The van der Waals surface area contributed by atoms with Crippen molar-refractivity contribution < 1.29 is 23.9 Å². The second kappa shape index (κ2) is 11.1. The van der Waals surface area contributed by atoms with E-state index < -0.39 is 23.3 Å². The number of nitrogens with zero attached hydrogens (tertiary/aromatic N) is 4. The van der Waals surface area contributed by atoms with Crippen LogP contribution in [0.25, 0.3) is 16.6 Å². The molecule has 1 aliphatic heterocycles. The molecule has 212 valence electrons. The van der Waals surface area contributed by atoms with Gasteiger partial charge in [0.2, 0.25) is 0 Å². The number of carboxylic acid groups (broad SMARTS) is 1. The smallest absolute Gasteiger partial charge is 0.338 e. The van der Waals surface area contributed by atoms with E-state index >= 15 is 0 Å². The maximum atomic E-state index is 14.2. The zero-order chi connectivity index (χ0) is 29.3. The van der Waals surface area contributed by atoms with E-state index in [4.69, 9.17) is 5.11 Å². The zero-order valence-electron chi connectivity index (χ0n) is 23.1. The number of halogens is 1. The van der Waals surface area contributed by atoms with Crippen molar-refractivity contribution in [1.29, 1.82) is 0 Å². The second-order valence-electron chi connectivity index (χ2n) is 10.8. The minimum atomic E-state index is -1.34. The molecule has 0 spiro atoms. The normalized spacial score (nSPS) is 14.7. The number of pyridine rings is 2. The minimum absolute atomic E-state index is 0.138. The Morgan fingerprint density at radius 1 is 1.05 bits per heavy atom. The molecule has 3 aromatic heterocycles. The zero-order valence-corrected chi connectivity index (χ0v) is 23.1. The third kappa shape index (κ3) is 5.80. The molecule has 0 saturated carbocycles. The van der Waals surface area contributed by atoms with E-state index in [9.17, 15) is 18.8 Å². The lowest BCUT2D eigenvalue weighted by molar-refractivity contribution is 0.0691. The van der Waals surface area contributed by atoms with Crippen molar-refractivity contribution in [3.05, 3.63) is 83.2 Å². The topological polar surface area (TPSA) is 129 Å². The van der Waals surface area contributed by atoms with Crippen molar-refractivity contribution >= 4 is 29.0 Å². The lowest BCUT2D eigenvalue weighted by Crippen LogP contribution is -2.43. The van der Waals surface area contributed by atoms with Crippen LogP contribution >= 0.6 is 0 Å². The third-order valence-corrected chi connectivity index (χ3v) is 7.63. The highest BCUT2D eigenvalue weighted by Crippen LogP contribution is 2.27. The molecule has 0 bridgehead atoms. The van der Waals surface area contributed by atoms with Crippen molar-refractivity contribution in [3.8, 4) is 11.1 Å². The molecule has 0 radical (unpaired) electrons. The van der Waals surface area contributed by atoms with Crippen LogP contribution in [-0.2, 0) is 0 Å². The van der Waals surface area contributed by atoms with Gasteiger partial charge in [-0.1, -0.05) is 12.1 Å². The molecule has 2 amide bonds. The summed E-state index contributed by atoms with van der Waals surface area (Å²) in [6, 6.07) is 8.85. The number of amides is 2. The number of carbonyl (C=O) groups excluding carboxylic acids is 2. The maximum absolute atomic E-state index is 14.2. The highest BCUT2D eigenvalue weighted by atomic mass is 19.1. The van der Waals surface area contributed by atoms with Gasteiger partial charge in [0, 0.05) is 36.6 Å². The summed E-state index contributed by atoms with van der Waals surface area (Å²) in [6.07, 6.45) is 6.83. The largest absolute Gasteiger partial charge is 0.478 e. The van der Waals surface area contributed by atoms with Crippen LogP contribution in [0.15, 0.2) is 55.0 Å². The van der Waals surface area contributed by atoms with Crippen molar-refractivity contribution in [1.82, 2.24) is 24.8 Å². The minimum Gasteiger partial charge on any atom is -0.478 e. The number of carbonyl (C=O) groups is 3. The molecular formula is C30H31FN6O4. The number of rotatable bonds is 8. The summed E-state index contributed by atoms with van der Waals surface area (Å²) in [5.41, 5.74) is 2.91. The Kier molecular flexibility index (Phi) is 7.55. The molecule has 4 aromatic rings.